The van der Waals surface area contributed by atoms with Crippen molar-refractivity contribution < 1.29 is 22.6 Å². The monoisotopic (exact) mass is 625 g/mol. The smallest absolute Gasteiger partial charge is 0.497 e. The van der Waals surface area contributed by atoms with Gasteiger partial charge in [0, 0.05) is 23.0 Å². The van der Waals surface area contributed by atoms with Crippen LogP contribution in [0.4, 0.5) is 18.9 Å². The predicted molar refractivity (Wildman–Crippen MR) is 166 cm³/mol. The molecule has 1 aromatic heterocycles. The molecule has 0 spiro atoms. The number of rotatable bonds is 7. The average Bonchev–Trinajstić information content (AvgIpc) is 3.60. The van der Waals surface area contributed by atoms with Crippen LogP contribution in [0.25, 0.3) is 17.1 Å². The van der Waals surface area contributed by atoms with Gasteiger partial charge in [0.2, 0.25) is 5.11 Å². The second-order valence-electron chi connectivity index (χ2n) is 9.43. The first kappa shape index (κ1) is 30.0. The molecule has 0 saturated carbocycles. The van der Waals surface area contributed by atoms with E-state index in [0.29, 0.717) is 11.5 Å². The van der Waals surface area contributed by atoms with E-state index in [2.05, 4.69) is 42.2 Å². The number of alkyl halides is 3. The van der Waals surface area contributed by atoms with Crippen molar-refractivity contribution in [2.75, 3.05) is 17.8 Å². The lowest BCUT2D eigenvalue weighted by Crippen LogP contribution is -2.33. The summed E-state index contributed by atoms with van der Waals surface area (Å²) in [5, 5.41) is 9.70. The van der Waals surface area contributed by atoms with E-state index in [9.17, 15) is 13.2 Å². The Hall–Kier alpha value is -4.43. The summed E-state index contributed by atoms with van der Waals surface area (Å²) in [6.07, 6.45) is -1.64. The van der Waals surface area contributed by atoms with Crippen LogP contribution in [-0.4, -0.2) is 56.5 Å². The number of benzene rings is 3. The van der Waals surface area contributed by atoms with Crippen molar-refractivity contribution in [3.05, 3.63) is 84.2 Å². The lowest BCUT2D eigenvalue weighted by Gasteiger charge is -2.25. The normalized spacial score (nSPS) is 16.2. The third kappa shape index (κ3) is 7.51. The van der Waals surface area contributed by atoms with E-state index in [1.807, 2.05) is 49.4 Å². The summed E-state index contributed by atoms with van der Waals surface area (Å²) >= 11 is 7.07. The van der Waals surface area contributed by atoms with Crippen LogP contribution >= 0.6 is 24.0 Å². The Balaban J connectivity index is 1.19. The van der Waals surface area contributed by atoms with Crippen LogP contribution in [-0.2, 0) is 0 Å². The number of nitrogens with one attached hydrogen (secondary N) is 1. The summed E-state index contributed by atoms with van der Waals surface area (Å²) in [5.74, 6) is 1.83. The highest BCUT2D eigenvalue weighted by molar-refractivity contribution is 8.14. The second kappa shape index (κ2) is 12.8. The van der Waals surface area contributed by atoms with Gasteiger partial charge in [-0.05, 0) is 79.7 Å². The quantitative estimate of drug-likeness (QED) is 0.144. The number of nitrogens with zero attached hydrogens (tertiary/aromatic N) is 6. The summed E-state index contributed by atoms with van der Waals surface area (Å²) in [4.78, 5) is 11.1. The highest BCUT2D eigenvalue weighted by Gasteiger charge is 2.31. The maximum Gasteiger partial charge on any atom is 0.573 e. The molecule has 0 bridgehead atoms. The summed E-state index contributed by atoms with van der Waals surface area (Å²) in [5.41, 5.74) is 7.05. The molecule has 1 aliphatic heterocycles. The van der Waals surface area contributed by atoms with E-state index in [1.54, 1.807) is 25.1 Å². The van der Waals surface area contributed by atoms with Gasteiger partial charge < -0.3 is 14.4 Å². The van der Waals surface area contributed by atoms with Gasteiger partial charge in [-0.1, -0.05) is 36.0 Å². The molecule has 1 unspecified atom stereocenters. The zero-order valence-electron chi connectivity index (χ0n) is 23.2. The molecule has 4 aromatic rings. The second-order valence-corrected chi connectivity index (χ2v) is 10.8. The minimum atomic E-state index is -4.75. The third-order valence-electron chi connectivity index (χ3n) is 6.33. The predicted octanol–water partition coefficient (Wildman–Crippen LogP) is 6.36. The maximum atomic E-state index is 12.4. The van der Waals surface area contributed by atoms with Crippen LogP contribution in [0.15, 0.2) is 83.2 Å². The number of hydrazone groups is 1. The number of anilines is 1. The van der Waals surface area contributed by atoms with E-state index >= 15 is 0 Å². The first-order valence-corrected chi connectivity index (χ1v) is 14.4. The Morgan fingerprint density at radius 2 is 1.81 bits per heavy atom. The van der Waals surface area contributed by atoms with Crippen LogP contribution < -0.4 is 19.8 Å². The number of amidine groups is 1. The van der Waals surface area contributed by atoms with Crippen molar-refractivity contribution in [1.29, 1.82) is 0 Å². The average molecular weight is 626 g/mol. The molecule has 14 heteroatoms. The van der Waals surface area contributed by atoms with Crippen molar-refractivity contribution in [1.82, 2.24) is 20.2 Å². The summed E-state index contributed by atoms with van der Waals surface area (Å²) in [6, 6.07) is 18.9. The molecule has 1 atom stereocenters. The Labute approximate surface area is 255 Å². The van der Waals surface area contributed by atoms with Gasteiger partial charge in [-0.2, -0.15) is 10.1 Å². The molecule has 1 N–H and O–H groups in total. The van der Waals surface area contributed by atoms with Gasteiger partial charge in [-0.15, -0.1) is 18.3 Å². The molecule has 0 aliphatic carbocycles. The van der Waals surface area contributed by atoms with E-state index in [1.165, 1.54) is 35.3 Å². The molecular weight excluding hydrogens is 599 g/mol. The number of hydrogen-bond acceptors (Lipinski definition) is 7. The van der Waals surface area contributed by atoms with Crippen LogP contribution in [0.3, 0.4) is 0 Å². The SMILES string of the molecule is COc1ccc(N2C(=NC(=S)N/N=C/c3ccc(-c4ncn(-c5ccc(OC(F)(F)F)cc5)n4)cc3)SCC2C)c(C)c1. The number of aryl methyl sites for hydroxylation is 1. The van der Waals surface area contributed by atoms with Crippen LogP contribution in [0, 0.1) is 6.92 Å². The molecule has 1 saturated heterocycles. The fourth-order valence-corrected chi connectivity index (χ4v) is 5.60. The Morgan fingerprint density at radius 1 is 1.09 bits per heavy atom. The molecule has 0 radical (unpaired) electrons. The fourth-order valence-electron chi connectivity index (χ4n) is 4.29. The van der Waals surface area contributed by atoms with Crippen molar-refractivity contribution in [3.8, 4) is 28.6 Å². The number of aliphatic imine (C=N–C) groups is 1. The lowest BCUT2D eigenvalue weighted by atomic mass is 10.1. The number of thiocarbonyl (C=S) groups is 1. The first-order valence-electron chi connectivity index (χ1n) is 13.0. The Bertz CT molecular complexity index is 1660. The van der Waals surface area contributed by atoms with Gasteiger partial charge in [-0.25, -0.2) is 9.67 Å². The number of hydrogen-bond donors (Lipinski definition) is 1. The minimum absolute atomic E-state index is 0.244. The van der Waals surface area contributed by atoms with E-state index in [0.717, 1.165) is 39.0 Å². The molecule has 0 amide bonds. The Morgan fingerprint density at radius 3 is 2.49 bits per heavy atom. The number of aromatic nitrogens is 3. The summed E-state index contributed by atoms with van der Waals surface area (Å²) in [7, 11) is 1.65. The lowest BCUT2D eigenvalue weighted by molar-refractivity contribution is -0.274. The summed E-state index contributed by atoms with van der Waals surface area (Å²) in [6.45, 7) is 4.18. The van der Waals surface area contributed by atoms with Crippen molar-refractivity contribution >= 4 is 46.2 Å². The molecular formula is C29H26F3N7O2S2. The van der Waals surface area contributed by atoms with Crippen molar-refractivity contribution in [2.24, 2.45) is 10.1 Å². The molecule has 9 nitrogen and oxygen atoms in total. The van der Waals surface area contributed by atoms with E-state index < -0.39 is 6.36 Å². The topological polar surface area (TPSA) is 89.2 Å². The molecule has 1 aliphatic rings. The third-order valence-corrected chi connectivity index (χ3v) is 7.71. The van der Waals surface area contributed by atoms with Gasteiger partial charge in [0.05, 0.1) is 19.0 Å². The number of methoxy groups -OCH3 is 1. The van der Waals surface area contributed by atoms with Crippen LogP contribution in [0.5, 0.6) is 11.5 Å². The zero-order valence-corrected chi connectivity index (χ0v) is 24.9. The molecule has 43 heavy (non-hydrogen) atoms. The van der Waals surface area contributed by atoms with Crippen molar-refractivity contribution in [2.45, 2.75) is 26.3 Å². The first-order chi connectivity index (χ1) is 20.6. The van der Waals surface area contributed by atoms with Crippen molar-refractivity contribution in [3.63, 3.8) is 0 Å². The van der Waals surface area contributed by atoms with Gasteiger partial charge in [0.15, 0.2) is 11.0 Å². The number of ether oxygens (including phenoxy) is 2. The zero-order chi connectivity index (χ0) is 30.6. The number of thioether (sulfide) groups is 1. The number of halogens is 3. The molecule has 2 heterocycles. The molecule has 222 valence electrons. The van der Waals surface area contributed by atoms with Gasteiger partial charge in [0.25, 0.3) is 0 Å². The highest BCUT2D eigenvalue weighted by atomic mass is 32.2. The van der Waals surface area contributed by atoms with Gasteiger partial charge >= 0.3 is 6.36 Å². The molecule has 3 aromatic carbocycles. The standard InChI is InChI=1S/C29H26F3N7O2S2/c1-18-14-24(40-3)12-13-25(18)39-19(2)16-43-28(39)35-27(42)36-34-15-20-4-6-21(7-5-20)26-33-17-38(37-26)22-8-10-23(11-9-22)41-29(30,31)32/h4-15,17,19H,16H2,1-3H3,(H,36,42)/b34-15+,35-28?. The minimum Gasteiger partial charge on any atom is -0.497 e. The van der Waals surface area contributed by atoms with Crippen LogP contribution in [0.2, 0.25) is 0 Å². The van der Waals surface area contributed by atoms with Crippen LogP contribution in [0.1, 0.15) is 18.1 Å². The maximum absolute atomic E-state index is 12.4. The molecule has 5 rings (SSSR count). The fraction of sp³-hybridized carbons (Fsp3) is 0.207. The van der Waals surface area contributed by atoms with Gasteiger partial charge in [-0.3, -0.25) is 5.43 Å². The van der Waals surface area contributed by atoms with Gasteiger partial charge in [0.1, 0.15) is 17.8 Å². The van der Waals surface area contributed by atoms with E-state index in [-0.39, 0.29) is 16.9 Å². The van der Waals surface area contributed by atoms with E-state index in [4.69, 9.17) is 17.0 Å². The molecule has 1 fully saturated rings. The highest BCUT2D eigenvalue weighted by Crippen LogP contribution is 2.34. The largest absolute Gasteiger partial charge is 0.573 e. The summed E-state index contributed by atoms with van der Waals surface area (Å²) < 4.78 is 47.9. The Kier molecular flexibility index (Phi) is 8.97.